The van der Waals surface area contributed by atoms with Crippen LogP contribution in [-0.4, -0.2) is 17.9 Å². The Bertz CT molecular complexity index is 31.2. The maximum absolute atomic E-state index is 8.68. The Morgan fingerprint density at radius 1 is 1.43 bits per heavy atom. The van der Waals surface area contributed by atoms with Crippen LogP contribution in [0.1, 0.15) is 6.92 Å². The molecule has 0 rings (SSSR count). The average Bonchev–Trinajstić information content (AvgIpc) is 1.39. The Kier molecular flexibility index (Phi) is 77.9. The summed E-state index contributed by atoms with van der Waals surface area (Å²) < 4.78 is 0. The summed E-state index contributed by atoms with van der Waals surface area (Å²) in [4.78, 5) is 16.9. The van der Waals surface area contributed by atoms with Crippen LogP contribution in [0.15, 0.2) is 0 Å². The van der Waals surface area contributed by atoms with Crippen molar-refractivity contribution in [2.45, 2.75) is 6.92 Å². The largest absolute Gasteiger partial charge is 2.00 e. The summed E-state index contributed by atoms with van der Waals surface area (Å²) in [6.07, 6.45) is 1.50. The van der Waals surface area contributed by atoms with E-state index >= 15 is 0 Å². The topological polar surface area (TPSA) is 54.4 Å². The second-order valence-electron chi connectivity index (χ2n) is 0.295. The van der Waals surface area contributed by atoms with Gasteiger partial charge < -0.3 is 14.7 Å². The molecule has 1 N–H and O–H groups in total. The van der Waals surface area contributed by atoms with Crippen LogP contribution in [0.2, 0.25) is 0 Å². The molecule has 0 heterocycles. The van der Waals surface area contributed by atoms with E-state index in [1.165, 1.54) is 13.2 Å². The molecule has 0 aliphatic carbocycles. The molecule has 0 saturated carbocycles. The summed E-state index contributed by atoms with van der Waals surface area (Å²) in [5, 5.41) is 6.76. The molecule has 0 radical (unpaired) electrons. The van der Waals surface area contributed by atoms with Gasteiger partial charge in [0.25, 0.3) is 0 Å². The SMILES string of the molecule is C[C-]=O.O=[C-]O.[U+2]. The summed E-state index contributed by atoms with van der Waals surface area (Å²) in [6, 6.07) is 0. The van der Waals surface area contributed by atoms with Gasteiger partial charge in [0.05, 0.1) is 0 Å². The fourth-order valence-corrected chi connectivity index (χ4v) is 0. The molecule has 0 unspecified atom stereocenters. The van der Waals surface area contributed by atoms with E-state index in [4.69, 9.17) is 14.7 Å². The monoisotopic (exact) mass is 326 g/mol. The van der Waals surface area contributed by atoms with E-state index in [-0.39, 0.29) is 31.1 Å². The van der Waals surface area contributed by atoms with Crippen LogP contribution in [-0.2, 0) is 9.59 Å². The molecule has 0 fully saturated rings. The third kappa shape index (κ3) is 2950. The first-order chi connectivity index (χ1) is 2.83. The smallest absolute Gasteiger partial charge is 0.665 e. The van der Waals surface area contributed by atoms with Crippen molar-refractivity contribution in [1.29, 1.82) is 0 Å². The van der Waals surface area contributed by atoms with Crippen LogP contribution in [0.3, 0.4) is 0 Å². The molecule has 0 aliphatic heterocycles. The molecule has 7 heavy (non-hydrogen) atoms. The van der Waals surface area contributed by atoms with Gasteiger partial charge in [0, 0.05) is 0 Å². The van der Waals surface area contributed by atoms with Gasteiger partial charge in [-0.2, -0.15) is 6.92 Å². The average molecular weight is 326 g/mol. The molecule has 0 aromatic heterocycles. The molecule has 38 valence electrons. The van der Waals surface area contributed by atoms with Crippen molar-refractivity contribution < 1.29 is 45.8 Å². The van der Waals surface area contributed by atoms with Crippen LogP contribution in [0.4, 0.5) is 0 Å². The summed E-state index contributed by atoms with van der Waals surface area (Å²) in [5.41, 5.74) is 0. The summed E-state index contributed by atoms with van der Waals surface area (Å²) in [7, 11) is 0. The first kappa shape index (κ1) is 15.7. The van der Waals surface area contributed by atoms with E-state index in [1.54, 1.807) is 0 Å². The van der Waals surface area contributed by atoms with Crippen molar-refractivity contribution in [1.82, 2.24) is 0 Å². The fourth-order valence-electron chi connectivity index (χ4n) is 0. The Morgan fingerprint density at radius 2 is 1.43 bits per heavy atom. The van der Waals surface area contributed by atoms with E-state index in [0.29, 0.717) is 6.47 Å². The van der Waals surface area contributed by atoms with Crippen LogP contribution in [0, 0.1) is 31.1 Å². The van der Waals surface area contributed by atoms with Crippen LogP contribution in [0.25, 0.3) is 0 Å². The van der Waals surface area contributed by atoms with Crippen molar-refractivity contribution in [3.05, 3.63) is 0 Å². The first-order valence-electron chi connectivity index (χ1n) is 1.13. The molecular weight excluding hydrogens is 322 g/mol. The predicted molar refractivity (Wildman–Crippen MR) is 19.7 cm³/mol. The third-order valence-corrected chi connectivity index (χ3v) is 0. The Labute approximate surface area is 65.5 Å². The molecular formula is C3H4O3U. The number of aliphatic hydroxyl groups excluding tert-OH is 1. The third-order valence-electron chi connectivity index (χ3n) is 0. The number of carbonyl (C=O) groups excluding carboxylic acids is 1. The zero-order valence-electron chi connectivity index (χ0n) is 3.76. The molecule has 4 heteroatoms. The predicted octanol–water partition coefficient (Wildman–Crippen LogP) is -0.272. The van der Waals surface area contributed by atoms with Crippen molar-refractivity contribution in [2.24, 2.45) is 0 Å². The molecule has 0 saturated heterocycles. The molecule has 3 nitrogen and oxygen atoms in total. The minimum absolute atomic E-state index is 0. The molecule has 0 bridgehead atoms. The second-order valence-corrected chi connectivity index (χ2v) is 0.295. The van der Waals surface area contributed by atoms with Gasteiger partial charge in [-0.25, -0.2) is 0 Å². The van der Waals surface area contributed by atoms with E-state index in [9.17, 15) is 0 Å². The zero-order chi connectivity index (χ0) is 5.41. The van der Waals surface area contributed by atoms with Crippen molar-refractivity contribution >= 4 is 12.8 Å². The van der Waals surface area contributed by atoms with Crippen molar-refractivity contribution in [3.8, 4) is 0 Å². The van der Waals surface area contributed by atoms with E-state index in [2.05, 4.69) is 0 Å². The first-order valence-corrected chi connectivity index (χ1v) is 1.13. The molecule has 0 aromatic carbocycles. The van der Waals surface area contributed by atoms with Gasteiger partial charge in [0.2, 0.25) is 0 Å². The van der Waals surface area contributed by atoms with E-state index in [1.807, 2.05) is 0 Å². The molecule has 0 atom stereocenters. The van der Waals surface area contributed by atoms with Gasteiger partial charge in [-0.15, -0.1) is 0 Å². The zero-order valence-corrected chi connectivity index (χ0v) is 7.93. The Morgan fingerprint density at radius 3 is 1.43 bits per heavy atom. The molecule has 0 amide bonds. The Balaban J connectivity index is -0.0000000400. The van der Waals surface area contributed by atoms with Gasteiger partial charge in [0.1, 0.15) is 0 Å². The van der Waals surface area contributed by atoms with Gasteiger partial charge in [-0.05, 0) is 0 Å². The minimum Gasteiger partial charge on any atom is -0.665 e. The normalized spacial score (nSPS) is 3.57. The van der Waals surface area contributed by atoms with Crippen molar-refractivity contribution in [2.75, 3.05) is 0 Å². The van der Waals surface area contributed by atoms with Gasteiger partial charge >= 0.3 is 31.1 Å². The van der Waals surface area contributed by atoms with Gasteiger partial charge in [-0.1, -0.05) is 6.47 Å². The second kappa shape index (κ2) is 34.7. The summed E-state index contributed by atoms with van der Waals surface area (Å²) in [5.74, 6) is 0. The van der Waals surface area contributed by atoms with Crippen LogP contribution < -0.4 is 0 Å². The van der Waals surface area contributed by atoms with E-state index in [0.717, 1.165) is 0 Å². The molecule has 0 aromatic rings. The van der Waals surface area contributed by atoms with Crippen LogP contribution in [0.5, 0.6) is 0 Å². The minimum atomic E-state index is 0. The number of hydrogen-bond donors (Lipinski definition) is 1. The standard InChI is InChI=1S/C2H3O.CHO2.U/c1-2-3;2-1-3;/h1H3;(H,2,3);/q2*-1;+2. The maximum atomic E-state index is 8.68. The number of hydrogen-bond acceptors (Lipinski definition) is 2. The molecule has 0 spiro atoms. The molecule has 0 aliphatic rings. The summed E-state index contributed by atoms with van der Waals surface area (Å²) >= 11 is 0. The summed E-state index contributed by atoms with van der Waals surface area (Å²) in [6.45, 7) is 1.82. The number of rotatable bonds is 0. The van der Waals surface area contributed by atoms with Crippen LogP contribution >= 0.6 is 0 Å². The Hall–Kier alpha value is 0.192. The quantitative estimate of drug-likeness (QED) is 0.624. The van der Waals surface area contributed by atoms with Gasteiger partial charge in [0.15, 0.2) is 0 Å². The van der Waals surface area contributed by atoms with Gasteiger partial charge in [-0.3, -0.25) is 6.29 Å². The van der Waals surface area contributed by atoms with Crippen molar-refractivity contribution in [3.63, 3.8) is 0 Å². The van der Waals surface area contributed by atoms with E-state index < -0.39 is 0 Å². The fraction of sp³-hybridized carbons (Fsp3) is 0.333. The maximum Gasteiger partial charge on any atom is 2.00 e.